The van der Waals surface area contributed by atoms with Crippen LogP contribution in [-0.4, -0.2) is 38.6 Å². The Morgan fingerprint density at radius 2 is 2.11 bits per heavy atom. The molecule has 0 bridgehead atoms. The van der Waals surface area contributed by atoms with Crippen LogP contribution in [0.1, 0.15) is 25.2 Å². The van der Waals surface area contributed by atoms with Crippen molar-refractivity contribution >= 4 is 5.65 Å². The monoisotopic (exact) mass is 247 g/mol. The average molecular weight is 247 g/mol. The Kier molecular flexibility index (Phi) is 3.41. The predicted octanol–water partition coefficient (Wildman–Crippen LogP) is 1.85. The van der Waals surface area contributed by atoms with E-state index in [-0.39, 0.29) is 0 Å². The molecule has 2 heterocycles. The summed E-state index contributed by atoms with van der Waals surface area (Å²) in [6.45, 7) is 7.09. The van der Waals surface area contributed by atoms with Gasteiger partial charge in [0.15, 0.2) is 0 Å². The number of aliphatic hydroxyl groups is 1. The summed E-state index contributed by atoms with van der Waals surface area (Å²) in [5.74, 6) is 0. The first-order valence-corrected chi connectivity index (χ1v) is 6.20. The minimum Gasteiger partial charge on any atom is -0.389 e. The molecule has 0 radical (unpaired) electrons. The quantitative estimate of drug-likeness (QED) is 0.896. The molecule has 2 rings (SSSR count). The van der Waals surface area contributed by atoms with Crippen LogP contribution in [0.2, 0.25) is 0 Å². The van der Waals surface area contributed by atoms with Crippen LogP contribution in [0.3, 0.4) is 0 Å². The van der Waals surface area contributed by atoms with E-state index >= 15 is 0 Å². The van der Waals surface area contributed by atoms with E-state index in [1.54, 1.807) is 0 Å². The normalized spacial score (nSPS) is 12.6. The second-order valence-electron chi connectivity index (χ2n) is 5.56. The smallest absolute Gasteiger partial charge is 0.137 e. The number of aryl methyl sites for hydroxylation is 1. The fourth-order valence-corrected chi connectivity index (χ4v) is 2.33. The second kappa shape index (κ2) is 4.71. The lowest BCUT2D eigenvalue weighted by atomic mass is 10.1. The highest BCUT2D eigenvalue weighted by molar-refractivity contribution is 5.42. The van der Waals surface area contributed by atoms with Crippen molar-refractivity contribution in [1.82, 2.24) is 14.3 Å². The molecule has 2 aromatic heterocycles. The predicted molar refractivity (Wildman–Crippen MR) is 72.6 cm³/mol. The molecule has 0 saturated carbocycles. The van der Waals surface area contributed by atoms with E-state index < -0.39 is 5.60 Å². The molecule has 98 valence electrons. The fourth-order valence-electron chi connectivity index (χ4n) is 2.33. The van der Waals surface area contributed by atoms with Gasteiger partial charge in [-0.1, -0.05) is 6.07 Å². The fraction of sp³-hybridized carbons (Fsp3) is 0.500. The van der Waals surface area contributed by atoms with Gasteiger partial charge < -0.3 is 9.51 Å². The maximum Gasteiger partial charge on any atom is 0.137 e. The van der Waals surface area contributed by atoms with Gasteiger partial charge in [0.05, 0.1) is 17.0 Å². The molecule has 0 unspecified atom stereocenters. The second-order valence-corrected chi connectivity index (χ2v) is 5.56. The van der Waals surface area contributed by atoms with Gasteiger partial charge in [0.2, 0.25) is 0 Å². The van der Waals surface area contributed by atoms with Gasteiger partial charge in [-0.15, -0.1) is 0 Å². The Labute approximate surface area is 108 Å². The molecular formula is C14H21N3O. The van der Waals surface area contributed by atoms with E-state index in [0.717, 1.165) is 17.9 Å². The SMILES string of the molecule is Cc1nc2ccccn2c1CN(C)CC(C)(C)O. The Morgan fingerprint density at radius 1 is 1.39 bits per heavy atom. The van der Waals surface area contributed by atoms with Crippen LogP contribution in [0.5, 0.6) is 0 Å². The number of fused-ring (bicyclic) bond motifs is 1. The highest BCUT2D eigenvalue weighted by Crippen LogP contribution is 2.14. The molecular weight excluding hydrogens is 226 g/mol. The van der Waals surface area contributed by atoms with Crippen LogP contribution >= 0.6 is 0 Å². The molecule has 4 nitrogen and oxygen atoms in total. The summed E-state index contributed by atoms with van der Waals surface area (Å²) in [5.41, 5.74) is 2.52. The van der Waals surface area contributed by atoms with Crippen molar-refractivity contribution in [2.75, 3.05) is 13.6 Å². The van der Waals surface area contributed by atoms with E-state index in [9.17, 15) is 5.11 Å². The third-order valence-electron chi connectivity index (χ3n) is 2.91. The number of aromatic nitrogens is 2. The molecule has 0 fully saturated rings. The standard InChI is InChI=1S/C14H21N3O/c1-11-12(9-16(4)10-14(2,3)18)17-8-6-5-7-13(17)15-11/h5-8,18H,9-10H2,1-4H3. The number of hydrogen-bond acceptors (Lipinski definition) is 3. The summed E-state index contributed by atoms with van der Waals surface area (Å²) in [4.78, 5) is 6.65. The highest BCUT2D eigenvalue weighted by Gasteiger charge is 2.17. The van der Waals surface area contributed by atoms with Crippen molar-refractivity contribution in [3.05, 3.63) is 35.8 Å². The Balaban J connectivity index is 2.24. The number of imidazole rings is 1. The van der Waals surface area contributed by atoms with Crippen molar-refractivity contribution in [3.8, 4) is 0 Å². The van der Waals surface area contributed by atoms with E-state index in [1.807, 2.05) is 52.2 Å². The van der Waals surface area contributed by atoms with E-state index in [2.05, 4.69) is 14.3 Å². The molecule has 1 N–H and O–H groups in total. The molecule has 0 aliphatic heterocycles. The molecule has 4 heteroatoms. The van der Waals surface area contributed by atoms with Crippen molar-refractivity contribution in [1.29, 1.82) is 0 Å². The first-order chi connectivity index (χ1) is 8.37. The van der Waals surface area contributed by atoms with Crippen molar-refractivity contribution in [2.45, 2.75) is 32.9 Å². The lowest BCUT2D eigenvalue weighted by Crippen LogP contribution is -2.36. The van der Waals surface area contributed by atoms with Gasteiger partial charge in [-0.3, -0.25) is 4.90 Å². The number of hydrogen-bond donors (Lipinski definition) is 1. The third-order valence-corrected chi connectivity index (χ3v) is 2.91. The lowest BCUT2D eigenvalue weighted by Gasteiger charge is -2.25. The summed E-state index contributed by atoms with van der Waals surface area (Å²) >= 11 is 0. The summed E-state index contributed by atoms with van der Waals surface area (Å²) in [6, 6.07) is 6.01. The van der Waals surface area contributed by atoms with E-state index in [4.69, 9.17) is 0 Å². The van der Waals surface area contributed by atoms with Crippen LogP contribution in [-0.2, 0) is 6.54 Å². The van der Waals surface area contributed by atoms with Crippen molar-refractivity contribution < 1.29 is 5.11 Å². The maximum absolute atomic E-state index is 9.84. The van der Waals surface area contributed by atoms with Gasteiger partial charge in [0, 0.05) is 19.3 Å². The summed E-state index contributed by atoms with van der Waals surface area (Å²) in [7, 11) is 2.01. The topological polar surface area (TPSA) is 40.8 Å². The number of likely N-dealkylation sites (N-methyl/N-ethyl adjacent to an activating group) is 1. The van der Waals surface area contributed by atoms with Crippen molar-refractivity contribution in [2.24, 2.45) is 0 Å². The van der Waals surface area contributed by atoms with Gasteiger partial charge in [-0.05, 0) is 40.0 Å². The highest BCUT2D eigenvalue weighted by atomic mass is 16.3. The largest absolute Gasteiger partial charge is 0.389 e. The first-order valence-electron chi connectivity index (χ1n) is 6.20. The van der Waals surface area contributed by atoms with Crippen LogP contribution in [0.25, 0.3) is 5.65 Å². The summed E-state index contributed by atoms with van der Waals surface area (Å²) in [5, 5.41) is 9.84. The molecule has 0 saturated heterocycles. The molecule has 18 heavy (non-hydrogen) atoms. The molecule has 0 atom stereocenters. The zero-order valence-corrected chi connectivity index (χ0v) is 11.5. The third kappa shape index (κ3) is 2.89. The summed E-state index contributed by atoms with van der Waals surface area (Å²) < 4.78 is 2.11. The van der Waals surface area contributed by atoms with E-state index in [0.29, 0.717) is 6.54 Å². The Morgan fingerprint density at radius 3 is 2.78 bits per heavy atom. The van der Waals surface area contributed by atoms with Crippen LogP contribution in [0.15, 0.2) is 24.4 Å². The van der Waals surface area contributed by atoms with Gasteiger partial charge >= 0.3 is 0 Å². The molecule has 0 aliphatic carbocycles. The number of nitrogens with zero attached hydrogens (tertiary/aromatic N) is 3. The van der Waals surface area contributed by atoms with E-state index in [1.165, 1.54) is 5.69 Å². The van der Waals surface area contributed by atoms with Gasteiger partial charge in [0.25, 0.3) is 0 Å². The number of pyridine rings is 1. The molecule has 0 aromatic carbocycles. The van der Waals surface area contributed by atoms with Crippen molar-refractivity contribution in [3.63, 3.8) is 0 Å². The van der Waals surface area contributed by atoms with Gasteiger partial charge in [-0.25, -0.2) is 4.98 Å². The van der Waals surface area contributed by atoms with Gasteiger partial charge in [0.1, 0.15) is 5.65 Å². The molecule has 2 aromatic rings. The number of rotatable bonds is 4. The first kappa shape index (κ1) is 13.1. The van der Waals surface area contributed by atoms with Crippen LogP contribution < -0.4 is 0 Å². The zero-order chi connectivity index (χ0) is 13.3. The van der Waals surface area contributed by atoms with Crippen LogP contribution in [0, 0.1) is 6.92 Å². The Bertz CT molecular complexity index is 539. The lowest BCUT2D eigenvalue weighted by molar-refractivity contribution is 0.0420. The minimum atomic E-state index is -0.677. The zero-order valence-electron chi connectivity index (χ0n) is 11.5. The minimum absolute atomic E-state index is 0.631. The van der Waals surface area contributed by atoms with Gasteiger partial charge in [-0.2, -0.15) is 0 Å². The molecule has 0 spiro atoms. The average Bonchev–Trinajstić information content (AvgIpc) is 2.53. The summed E-state index contributed by atoms with van der Waals surface area (Å²) in [6.07, 6.45) is 2.03. The Hall–Kier alpha value is -1.39. The maximum atomic E-state index is 9.84. The van der Waals surface area contributed by atoms with Crippen LogP contribution in [0.4, 0.5) is 0 Å². The molecule has 0 amide bonds. The molecule has 0 aliphatic rings.